The molecule has 11 heteroatoms. The molecule has 0 aliphatic rings. The summed E-state index contributed by atoms with van der Waals surface area (Å²) in [6, 6.07) is 5.18. The van der Waals surface area contributed by atoms with Gasteiger partial charge < -0.3 is 10.1 Å². The van der Waals surface area contributed by atoms with E-state index in [1.807, 2.05) is 19.1 Å². The smallest absolute Gasteiger partial charge is 0.253 e. The monoisotopic (exact) mass is 450 g/mol. The third-order valence-corrected chi connectivity index (χ3v) is 5.87. The maximum Gasteiger partial charge on any atom is 0.253 e. The predicted molar refractivity (Wildman–Crippen MR) is 121 cm³/mol. The number of nitrogens with one attached hydrogen (secondary N) is 4. The molecule has 4 rings (SSSR count). The van der Waals surface area contributed by atoms with E-state index in [9.17, 15) is 4.79 Å². The lowest BCUT2D eigenvalue weighted by Crippen LogP contribution is -2.28. The minimum absolute atomic E-state index is 0.0393. The SMILES string of the molecule is CCC(=N)OC(=N)c1cc(C(=O)N[C@@H](C)c2ncn[nH]2)cn2c(-c3ccc(C)s3)cnc12. The summed E-state index contributed by atoms with van der Waals surface area (Å²) in [6.45, 7) is 5.59. The van der Waals surface area contributed by atoms with Crippen LogP contribution in [0.2, 0.25) is 0 Å². The highest BCUT2D eigenvalue weighted by Crippen LogP contribution is 2.30. The molecule has 4 aromatic rings. The van der Waals surface area contributed by atoms with Gasteiger partial charge in [0.1, 0.15) is 17.8 Å². The molecule has 1 atom stereocenters. The molecule has 0 saturated carbocycles. The second kappa shape index (κ2) is 8.71. The third kappa shape index (κ3) is 4.14. The quantitative estimate of drug-likeness (QED) is 0.261. The topological polar surface area (TPSA) is 145 Å². The first-order valence-corrected chi connectivity index (χ1v) is 10.8. The maximum absolute atomic E-state index is 13.1. The van der Waals surface area contributed by atoms with Gasteiger partial charge in [0.05, 0.1) is 33.9 Å². The number of hydrogen-bond acceptors (Lipinski definition) is 8. The average molecular weight is 451 g/mol. The van der Waals surface area contributed by atoms with E-state index in [0.29, 0.717) is 29.0 Å². The molecule has 0 saturated heterocycles. The first kappa shape index (κ1) is 21.4. The van der Waals surface area contributed by atoms with Crippen LogP contribution in [0.25, 0.3) is 16.2 Å². The average Bonchev–Trinajstić information content (AvgIpc) is 3.53. The number of imidazole rings is 1. The number of nitrogens with zero attached hydrogens (tertiary/aromatic N) is 4. The molecule has 0 unspecified atom stereocenters. The Morgan fingerprint density at radius 2 is 2.16 bits per heavy atom. The van der Waals surface area contributed by atoms with Crippen LogP contribution in [0, 0.1) is 17.7 Å². The minimum atomic E-state index is -0.393. The number of aromatic nitrogens is 5. The number of rotatable bonds is 6. The van der Waals surface area contributed by atoms with E-state index in [2.05, 4.69) is 25.5 Å². The Bertz CT molecular complexity index is 1300. The number of hydrogen-bond donors (Lipinski definition) is 4. The Labute approximate surface area is 187 Å². The fraction of sp³-hybridized carbons (Fsp3) is 0.238. The maximum atomic E-state index is 13.1. The number of carbonyl (C=O) groups excluding carboxylic acids is 1. The van der Waals surface area contributed by atoms with Crippen molar-refractivity contribution in [2.24, 2.45) is 0 Å². The molecular weight excluding hydrogens is 428 g/mol. The minimum Gasteiger partial charge on any atom is -0.425 e. The van der Waals surface area contributed by atoms with Gasteiger partial charge in [-0.2, -0.15) is 5.10 Å². The number of ether oxygens (including phenoxy) is 1. The molecule has 0 radical (unpaired) electrons. The van der Waals surface area contributed by atoms with E-state index in [-0.39, 0.29) is 17.7 Å². The second-order valence-electron chi connectivity index (χ2n) is 7.16. The van der Waals surface area contributed by atoms with Gasteiger partial charge in [-0.3, -0.25) is 25.1 Å². The number of thiophene rings is 1. The Balaban J connectivity index is 1.78. The number of amides is 1. The van der Waals surface area contributed by atoms with Crippen LogP contribution in [-0.4, -0.2) is 42.3 Å². The van der Waals surface area contributed by atoms with Gasteiger partial charge in [0, 0.05) is 17.5 Å². The van der Waals surface area contributed by atoms with Crippen LogP contribution in [0.5, 0.6) is 0 Å². The van der Waals surface area contributed by atoms with Crippen molar-refractivity contribution in [3.05, 3.63) is 58.7 Å². The molecule has 0 spiro atoms. The van der Waals surface area contributed by atoms with E-state index >= 15 is 0 Å². The standard InChI is InChI=1S/C21H22N8O2S/c1-4-17(22)31-18(23)14-7-13(21(30)27-12(3)19-25-10-26-28-19)9-29-15(8-24-20(14)29)16-6-5-11(2)32-16/h5-10,12,22-23H,4H2,1-3H3,(H,27,30)(H,25,26,28)/t12-/m0/s1. The zero-order valence-electron chi connectivity index (χ0n) is 17.8. The van der Waals surface area contributed by atoms with Crippen molar-refractivity contribution in [1.82, 2.24) is 29.9 Å². The molecule has 4 heterocycles. The van der Waals surface area contributed by atoms with Crippen LogP contribution in [0.15, 0.2) is 36.9 Å². The summed E-state index contributed by atoms with van der Waals surface area (Å²) in [7, 11) is 0. The van der Waals surface area contributed by atoms with Gasteiger partial charge in [0.2, 0.25) is 5.90 Å². The van der Waals surface area contributed by atoms with Gasteiger partial charge in [0.25, 0.3) is 5.91 Å². The first-order valence-electron chi connectivity index (χ1n) is 9.95. The van der Waals surface area contributed by atoms with Crippen molar-refractivity contribution < 1.29 is 9.53 Å². The molecule has 32 heavy (non-hydrogen) atoms. The number of pyridine rings is 1. The molecule has 0 aliphatic heterocycles. The van der Waals surface area contributed by atoms with Crippen LogP contribution >= 0.6 is 11.3 Å². The Morgan fingerprint density at radius 3 is 2.81 bits per heavy atom. The van der Waals surface area contributed by atoms with Crippen molar-refractivity contribution >= 4 is 34.7 Å². The van der Waals surface area contributed by atoms with E-state index in [1.165, 1.54) is 6.33 Å². The lowest BCUT2D eigenvalue weighted by molar-refractivity contribution is 0.0938. The number of aryl methyl sites for hydroxylation is 1. The highest BCUT2D eigenvalue weighted by molar-refractivity contribution is 7.15. The number of H-pyrrole nitrogens is 1. The summed E-state index contributed by atoms with van der Waals surface area (Å²) in [5.74, 6) is -0.0937. The van der Waals surface area contributed by atoms with E-state index in [0.717, 1.165) is 15.4 Å². The summed E-state index contributed by atoms with van der Waals surface area (Å²) in [6.07, 6.45) is 5.13. The molecule has 1 amide bonds. The second-order valence-corrected chi connectivity index (χ2v) is 8.45. The van der Waals surface area contributed by atoms with Crippen LogP contribution in [-0.2, 0) is 4.74 Å². The van der Waals surface area contributed by atoms with Gasteiger partial charge in [-0.15, -0.1) is 11.3 Å². The Morgan fingerprint density at radius 1 is 1.34 bits per heavy atom. The first-order chi connectivity index (χ1) is 15.4. The van der Waals surface area contributed by atoms with Crippen LogP contribution < -0.4 is 5.32 Å². The van der Waals surface area contributed by atoms with Crippen LogP contribution in [0.4, 0.5) is 0 Å². The third-order valence-electron chi connectivity index (χ3n) is 4.84. The summed E-state index contributed by atoms with van der Waals surface area (Å²) in [4.78, 5) is 23.8. The Hall–Kier alpha value is -3.86. The lowest BCUT2D eigenvalue weighted by Gasteiger charge is -2.14. The highest BCUT2D eigenvalue weighted by Gasteiger charge is 2.21. The molecule has 4 N–H and O–H groups in total. The largest absolute Gasteiger partial charge is 0.425 e. The zero-order valence-corrected chi connectivity index (χ0v) is 18.6. The zero-order chi connectivity index (χ0) is 22.8. The van der Waals surface area contributed by atoms with Crippen LogP contribution in [0.1, 0.15) is 52.9 Å². The summed E-state index contributed by atoms with van der Waals surface area (Å²) >= 11 is 1.61. The molecule has 164 valence electrons. The Kier molecular flexibility index (Phi) is 5.82. The van der Waals surface area contributed by atoms with Crippen molar-refractivity contribution in [3.8, 4) is 10.6 Å². The summed E-state index contributed by atoms with van der Waals surface area (Å²) in [5.41, 5.74) is 1.92. The molecule has 0 bridgehead atoms. The van der Waals surface area contributed by atoms with Crippen molar-refractivity contribution in [2.45, 2.75) is 33.2 Å². The molecule has 0 fully saturated rings. The fourth-order valence-electron chi connectivity index (χ4n) is 3.16. The van der Waals surface area contributed by atoms with E-state index in [4.69, 9.17) is 15.6 Å². The van der Waals surface area contributed by atoms with Gasteiger partial charge in [-0.05, 0) is 32.0 Å². The highest BCUT2D eigenvalue weighted by atomic mass is 32.1. The molecule has 4 aromatic heterocycles. The number of carbonyl (C=O) groups is 1. The normalized spacial score (nSPS) is 12.0. The van der Waals surface area contributed by atoms with Gasteiger partial charge in [-0.1, -0.05) is 6.92 Å². The molecule has 10 nitrogen and oxygen atoms in total. The summed E-state index contributed by atoms with van der Waals surface area (Å²) in [5, 5.41) is 25.6. The van der Waals surface area contributed by atoms with E-state index < -0.39 is 6.04 Å². The van der Waals surface area contributed by atoms with Gasteiger partial charge >= 0.3 is 0 Å². The predicted octanol–water partition coefficient (Wildman–Crippen LogP) is 3.71. The number of aromatic amines is 1. The van der Waals surface area contributed by atoms with Gasteiger partial charge in [-0.25, -0.2) is 9.97 Å². The fourth-order valence-corrected chi connectivity index (χ4v) is 4.03. The molecule has 0 aliphatic carbocycles. The van der Waals surface area contributed by atoms with Crippen molar-refractivity contribution in [1.29, 1.82) is 10.8 Å². The number of fused-ring (bicyclic) bond motifs is 1. The summed E-state index contributed by atoms with van der Waals surface area (Å²) < 4.78 is 7.13. The lowest BCUT2D eigenvalue weighted by atomic mass is 10.1. The molecule has 0 aromatic carbocycles. The van der Waals surface area contributed by atoms with Crippen molar-refractivity contribution in [3.63, 3.8) is 0 Å². The van der Waals surface area contributed by atoms with Gasteiger partial charge in [0.15, 0.2) is 5.90 Å². The van der Waals surface area contributed by atoms with E-state index in [1.54, 1.807) is 48.0 Å². The van der Waals surface area contributed by atoms with Crippen molar-refractivity contribution in [2.75, 3.05) is 0 Å². The van der Waals surface area contributed by atoms with Crippen LogP contribution in [0.3, 0.4) is 0 Å². The molecular formula is C21H22N8O2S.